The Morgan fingerprint density at radius 1 is 1.16 bits per heavy atom. The second-order valence-electron chi connectivity index (χ2n) is 9.87. The molecular weight excluding hydrogens is 515 g/mol. The lowest BCUT2D eigenvalue weighted by Crippen LogP contribution is -2.43. The van der Waals surface area contributed by atoms with Crippen LogP contribution in [-0.2, 0) is 17.2 Å². The van der Waals surface area contributed by atoms with E-state index in [0.29, 0.717) is 18.2 Å². The maximum atomic E-state index is 14.8. The number of fused-ring (bicyclic) bond motifs is 1. The third-order valence-corrected chi connectivity index (χ3v) is 8.06. The van der Waals surface area contributed by atoms with Crippen molar-refractivity contribution in [2.75, 3.05) is 29.6 Å². The van der Waals surface area contributed by atoms with Gasteiger partial charge in [0.15, 0.2) is 0 Å². The van der Waals surface area contributed by atoms with E-state index in [1.807, 2.05) is 0 Å². The molecule has 1 aliphatic heterocycles. The van der Waals surface area contributed by atoms with Gasteiger partial charge in [-0.1, -0.05) is 6.92 Å². The van der Waals surface area contributed by atoms with Crippen LogP contribution >= 0.6 is 0 Å². The number of hydrogen-bond acceptors (Lipinski definition) is 6. The van der Waals surface area contributed by atoms with Gasteiger partial charge >= 0.3 is 0 Å². The SMILES string of the molecule is CC1CCc2c1ncc(NC(=O)c1ccc(F)c(-c3c(F)cc(S(C)=O)cc3F)n1)c2N1CCCC(N)C1. The number of nitrogens with two attached hydrogens (primary N) is 1. The molecule has 7 nitrogen and oxygen atoms in total. The quantitative estimate of drug-likeness (QED) is 0.491. The molecule has 3 heterocycles. The summed E-state index contributed by atoms with van der Waals surface area (Å²) in [5.74, 6) is -3.62. The van der Waals surface area contributed by atoms with E-state index in [1.165, 1.54) is 6.26 Å². The first-order valence-corrected chi connectivity index (χ1v) is 14.0. The predicted molar refractivity (Wildman–Crippen MR) is 140 cm³/mol. The molecule has 3 unspecified atom stereocenters. The number of pyridine rings is 2. The van der Waals surface area contributed by atoms with Gasteiger partial charge in [-0.05, 0) is 61.4 Å². The van der Waals surface area contributed by atoms with Crippen LogP contribution in [-0.4, -0.2) is 45.5 Å². The van der Waals surface area contributed by atoms with Crippen molar-refractivity contribution in [3.8, 4) is 11.3 Å². The molecule has 3 aromatic rings. The number of nitrogens with zero attached hydrogens (tertiary/aromatic N) is 3. The zero-order valence-electron chi connectivity index (χ0n) is 21.1. The molecule has 0 saturated carbocycles. The monoisotopic (exact) mass is 543 g/mol. The maximum Gasteiger partial charge on any atom is 0.274 e. The van der Waals surface area contributed by atoms with E-state index in [0.717, 1.165) is 73.4 Å². The van der Waals surface area contributed by atoms with Crippen molar-refractivity contribution in [3.63, 3.8) is 0 Å². The molecule has 2 aliphatic rings. The smallest absolute Gasteiger partial charge is 0.274 e. The number of rotatable bonds is 5. The van der Waals surface area contributed by atoms with Crippen LogP contribution in [0.15, 0.2) is 35.4 Å². The van der Waals surface area contributed by atoms with Gasteiger partial charge < -0.3 is 16.0 Å². The van der Waals surface area contributed by atoms with Gasteiger partial charge in [0, 0.05) is 46.8 Å². The number of piperidine rings is 1. The van der Waals surface area contributed by atoms with Crippen LogP contribution in [0.5, 0.6) is 0 Å². The number of carbonyl (C=O) groups excluding carboxylic acids is 1. The molecule has 5 rings (SSSR count). The van der Waals surface area contributed by atoms with Crippen molar-refractivity contribution in [1.29, 1.82) is 0 Å². The van der Waals surface area contributed by atoms with Crippen LogP contribution in [0.4, 0.5) is 24.5 Å². The normalized spacial score (nSPS) is 19.8. The lowest BCUT2D eigenvalue weighted by atomic mass is 10.0. The first-order valence-electron chi connectivity index (χ1n) is 12.5. The predicted octanol–water partition coefficient (Wildman–Crippen LogP) is 4.53. The Balaban J connectivity index is 1.51. The van der Waals surface area contributed by atoms with Crippen LogP contribution in [0, 0.1) is 17.5 Å². The molecule has 0 bridgehead atoms. The standard InChI is InChI=1S/C27H28F3N5O2S/c1-14-5-6-17-24(14)32-12-22(26(17)35-9-3-4-15(31)13-35)34-27(36)21-8-7-18(28)25(33-21)23-19(29)10-16(38(2)37)11-20(23)30/h7-8,10-12,14-15H,3-6,9,13,31H2,1-2H3,(H,34,36). The topological polar surface area (TPSA) is 101 Å². The summed E-state index contributed by atoms with van der Waals surface area (Å²) in [6.07, 6.45) is 6.51. The van der Waals surface area contributed by atoms with Gasteiger partial charge in [0.05, 0.1) is 23.1 Å². The fraction of sp³-hybridized carbons (Fsp3) is 0.370. The van der Waals surface area contributed by atoms with E-state index in [1.54, 1.807) is 6.20 Å². The molecule has 200 valence electrons. The summed E-state index contributed by atoms with van der Waals surface area (Å²) < 4.78 is 55.8. The Labute approximate surface area is 221 Å². The molecule has 1 aliphatic carbocycles. The van der Waals surface area contributed by atoms with Gasteiger partial charge in [-0.2, -0.15) is 0 Å². The van der Waals surface area contributed by atoms with Gasteiger partial charge in [0.2, 0.25) is 0 Å². The van der Waals surface area contributed by atoms with Gasteiger partial charge in [-0.25, -0.2) is 18.2 Å². The molecule has 1 saturated heterocycles. The summed E-state index contributed by atoms with van der Waals surface area (Å²) in [5.41, 5.74) is 8.08. The van der Waals surface area contributed by atoms with Crippen LogP contribution in [0.1, 0.15) is 53.8 Å². The highest BCUT2D eigenvalue weighted by Gasteiger charge is 2.30. The highest BCUT2D eigenvalue weighted by molar-refractivity contribution is 7.84. The number of anilines is 2. The van der Waals surface area contributed by atoms with Crippen LogP contribution < -0.4 is 16.0 Å². The average Bonchev–Trinajstić information content (AvgIpc) is 3.24. The first kappa shape index (κ1) is 26.3. The molecule has 11 heteroatoms. The number of carbonyl (C=O) groups is 1. The maximum absolute atomic E-state index is 14.8. The van der Waals surface area contributed by atoms with E-state index < -0.39 is 45.4 Å². The summed E-state index contributed by atoms with van der Waals surface area (Å²) >= 11 is 0. The number of amides is 1. The molecular formula is C27H28F3N5O2S. The fourth-order valence-electron chi connectivity index (χ4n) is 5.26. The van der Waals surface area contributed by atoms with Crippen LogP contribution in [0.2, 0.25) is 0 Å². The molecule has 0 radical (unpaired) electrons. The van der Waals surface area contributed by atoms with Crippen molar-refractivity contribution in [2.24, 2.45) is 5.73 Å². The average molecular weight is 544 g/mol. The second-order valence-corrected chi connectivity index (χ2v) is 11.2. The van der Waals surface area contributed by atoms with E-state index >= 15 is 0 Å². The minimum Gasteiger partial charge on any atom is -0.368 e. The number of aromatic nitrogens is 2. The van der Waals surface area contributed by atoms with Crippen molar-refractivity contribution < 1.29 is 22.2 Å². The summed E-state index contributed by atoms with van der Waals surface area (Å²) in [4.78, 5) is 24.0. The highest BCUT2D eigenvalue weighted by atomic mass is 32.2. The van der Waals surface area contributed by atoms with Crippen molar-refractivity contribution in [1.82, 2.24) is 9.97 Å². The van der Waals surface area contributed by atoms with Gasteiger partial charge in [0.1, 0.15) is 28.8 Å². The molecule has 3 N–H and O–H groups in total. The Hall–Kier alpha value is -3.31. The van der Waals surface area contributed by atoms with E-state index in [-0.39, 0.29) is 16.6 Å². The molecule has 1 fully saturated rings. The summed E-state index contributed by atoms with van der Waals surface area (Å²) in [6.45, 7) is 3.55. The first-order chi connectivity index (χ1) is 18.1. The third kappa shape index (κ3) is 4.92. The molecule has 2 aromatic heterocycles. The molecule has 1 aromatic carbocycles. The molecule has 1 amide bonds. The summed E-state index contributed by atoms with van der Waals surface area (Å²) in [7, 11) is -1.64. The lowest BCUT2D eigenvalue weighted by Gasteiger charge is -2.35. The Morgan fingerprint density at radius 3 is 2.58 bits per heavy atom. The number of halogens is 3. The fourth-order valence-corrected chi connectivity index (χ4v) is 5.80. The lowest BCUT2D eigenvalue weighted by molar-refractivity contribution is 0.102. The minimum absolute atomic E-state index is 0.0117. The Kier molecular flexibility index (Phi) is 7.23. The zero-order chi connectivity index (χ0) is 27.1. The highest BCUT2D eigenvalue weighted by Crippen LogP contribution is 2.42. The van der Waals surface area contributed by atoms with Crippen molar-refractivity contribution in [3.05, 3.63) is 64.9 Å². The Morgan fingerprint density at radius 2 is 1.89 bits per heavy atom. The molecule has 0 spiro atoms. The minimum atomic E-state index is -1.64. The summed E-state index contributed by atoms with van der Waals surface area (Å²) in [5, 5.41) is 2.84. The van der Waals surface area contributed by atoms with E-state index in [9.17, 15) is 22.2 Å². The van der Waals surface area contributed by atoms with Gasteiger partial charge in [-0.15, -0.1) is 0 Å². The largest absolute Gasteiger partial charge is 0.368 e. The zero-order valence-corrected chi connectivity index (χ0v) is 21.9. The van der Waals surface area contributed by atoms with Gasteiger partial charge in [-0.3, -0.25) is 14.0 Å². The second kappa shape index (κ2) is 10.5. The number of hydrogen-bond donors (Lipinski definition) is 2. The third-order valence-electron chi connectivity index (χ3n) is 7.16. The molecule has 3 atom stereocenters. The van der Waals surface area contributed by atoms with E-state index in [4.69, 9.17) is 5.73 Å². The van der Waals surface area contributed by atoms with Gasteiger partial charge in [0.25, 0.3) is 5.91 Å². The summed E-state index contributed by atoms with van der Waals surface area (Å²) in [6, 6.07) is 3.84. The van der Waals surface area contributed by atoms with E-state index in [2.05, 4.69) is 27.1 Å². The Bertz CT molecular complexity index is 1430. The van der Waals surface area contributed by atoms with Crippen molar-refractivity contribution in [2.45, 2.75) is 49.5 Å². The molecule has 38 heavy (non-hydrogen) atoms. The van der Waals surface area contributed by atoms with Crippen LogP contribution in [0.25, 0.3) is 11.3 Å². The number of benzene rings is 1. The number of nitrogens with one attached hydrogen (secondary N) is 1. The van der Waals surface area contributed by atoms with Crippen molar-refractivity contribution >= 4 is 28.1 Å². The van der Waals surface area contributed by atoms with Crippen LogP contribution in [0.3, 0.4) is 0 Å².